The minimum Gasteiger partial charge on any atom is -0.366 e. The molecule has 0 atom stereocenters. The van der Waals surface area contributed by atoms with Crippen LogP contribution in [0.3, 0.4) is 0 Å². The van der Waals surface area contributed by atoms with E-state index in [-0.39, 0.29) is 5.41 Å². The maximum atomic E-state index is 12.0. The minimum absolute atomic E-state index is 0.112. The van der Waals surface area contributed by atoms with Crippen LogP contribution in [0.4, 0.5) is 0 Å². The number of hydrogen-bond donors (Lipinski definition) is 1. The maximum Gasteiger partial charge on any atom is 0.250 e. The van der Waals surface area contributed by atoms with Gasteiger partial charge in [0.15, 0.2) is 5.65 Å². The molecule has 0 saturated carbocycles. The van der Waals surface area contributed by atoms with Crippen LogP contribution in [-0.2, 0) is 11.8 Å². The number of aromatic nitrogens is 2. The fraction of sp³-hybridized carbons (Fsp3) is 0.286. The first-order valence-electron chi connectivity index (χ1n) is 8.41. The lowest BCUT2D eigenvalue weighted by Crippen LogP contribution is -2.17. The Labute approximate surface area is 148 Å². The van der Waals surface area contributed by atoms with Crippen molar-refractivity contribution in [3.8, 4) is 0 Å². The molecule has 1 amide bonds. The van der Waals surface area contributed by atoms with Crippen molar-refractivity contribution in [1.82, 2.24) is 9.97 Å². The highest BCUT2D eigenvalue weighted by Gasteiger charge is 2.18. The molecule has 0 aliphatic heterocycles. The molecule has 4 heteroatoms. The summed E-state index contributed by atoms with van der Waals surface area (Å²) in [7, 11) is 0. The summed E-state index contributed by atoms with van der Waals surface area (Å²) in [6, 6.07) is 12.3. The second kappa shape index (κ2) is 6.28. The number of carbonyl (C=O) groups excluding carboxylic acids is 1. The summed E-state index contributed by atoms with van der Waals surface area (Å²) in [4.78, 5) is 20.8. The third-order valence-corrected chi connectivity index (χ3v) is 4.50. The second-order valence-electron chi connectivity index (χ2n) is 7.41. The molecule has 0 spiro atoms. The van der Waals surface area contributed by atoms with E-state index >= 15 is 0 Å². The van der Waals surface area contributed by atoms with Gasteiger partial charge in [-0.3, -0.25) is 4.79 Å². The van der Waals surface area contributed by atoms with E-state index in [9.17, 15) is 4.79 Å². The Morgan fingerprint density at radius 2 is 1.80 bits per heavy atom. The van der Waals surface area contributed by atoms with Crippen molar-refractivity contribution in [3.05, 3.63) is 70.5 Å². The van der Waals surface area contributed by atoms with Crippen molar-refractivity contribution in [1.29, 1.82) is 0 Å². The van der Waals surface area contributed by atoms with Crippen molar-refractivity contribution >= 4 is 16.9 Å². The molecule has 0 unspecified atom stereocenters. The highest BCUT2D eigenvalue weighted by molar-refractivity contribution is 6.00. The normalized spacial score (nSPS) is 11.7. The van der Waals surface area contributed by atoms with Gasteiger partial charge >= 0.3 is 0 Å². The average Bonchev–Trinajstić information content (AvgIpc) is 2.54. The summed E-state index contributed by atoms with van der Waals surface area (Å²) in [5, 5.41) is 0.877. The number of carbonyl (C=O) groups is 1. The first kappa shape index (κ1) is 17.1. The van der Waals surface area contributed by atoms with E-state index < -0.39 is 5.91 Å². The Morgan fingerprint density at radius 3 is 2.40 bits per heavy atom. The molecular formula is C21H23N3O. The predicted molar refractivity (Wildman–Crippen MR) is 101 cm³/mol. The van der Waals surface area contributed by atoms with Gasteiger partial charge in [-0.05, 0) is 47.6 Å². The Morgan fingerprint density at radius 1 is 1.12 bits per heavy atom. The summed E-state index contributed by atoms with van der Waals surface area (Å²) in [6.45, 7) is 8.39. The third-order valence-electron chi connectivity index (χ3n) is 4.50. The largest absolute Gasteiger partial charge is 0.366 e. The predicted octanol–water partition coefficient (Wildman–Crippen LogP) is 3.93. The van der Waals surface area contributed by atoms with Crippen LogP contribution in [0.1, 0.15) is 53.5 Å². The molecule has 0 aliphatic carbocycles. The van der Waals surface area contributed by atoms with E-state index in [1.807, 2.05) is 12.1 Å². The topological polar surface area (TPSA) is 68.9 Å². The molecule has 25 heavy (non-hydrogen) atoms. The molecule has 1 aromatic carbocycles. The fourth-order valence-corrected chi connectivity index (χ4v) is 3.13. The molecule has 0 aliphatic rings. The van der Waals surface area contributed by atoms with Gasteiger partial charge in [0.05, 0.1) is 11.3 Å². The highest BCUT2D eigenvalue weighted by Crippen LogP contribution is 2.27. The van der Waals surface area contributed by atoms with E-state index in [0.29, 0.717) is 23.3 Å². The van der Waals surface area contributed by atoms with Crippen LogP contribution in [0.15, 0.2) is 42.6 Å². The smallest absolute Gasteiger partial charge is 0.250 e. The zero-order chi connectivity index (χ0) is 18.2. The Kier molecular flexibility index (Phi) is 4.29. The van der Waals surface area contributed by atoms with Gasteiger partial charge in [-0.1, -0.05) is 45.0 Å². The van der Waals surface area contributed by atoms with Gasteiger partial charge < -0.3 is 5.73 Å². The standard InChI is InChI=1S/C21H23N3O/c1-13-18(19(22)25)17(16-6-5-11-23-20(16)24-13)12-14-7-9-15(10-8-14)21(2,3)4/h5-11H,12H2,1-4H3,(H2,22,25). The number of nitrogens with two attached hydrogens (primary N) is 1. The number of amides is 1. The summed E-state index contributed by atoms with van der Waals surface area (Å²) in [5.41, 5.74) is 10.8. The van der Waals surface area contributed by atoms with Crippen LogP contribution in [0.2, 0.25) is 0 Å². The van der Waals surface area contributed by atoms with Gasteiger partial charge in [0, 0.05) is 11.6 Å². The number of aryl methyl sites for hydroxylation is 1. The first-order valence-corrected chi connectivity index (χ1v) is 8.41. The monoisotopic (exact) mass is 333 g/mol. The van der Waals surface area contributed by atoms with Crippen molar-refractivity contribution in [2.24, 2.45) is 5.73 Å². The van der Waals surface area contributed by atoms with Gasteiger partial charge in [-0.2, -0.15) is 0 Å². The Hall–Kier alpha value is -2.75. The van der Waals surface area contributed by atoms with E-state index in [4.69, 9.17) is 5.73 Å². The number of hydrogen-bond acceptors (Lipinski definition) is 3. The van der Waals surface area contributed by atoms with Crippen LogP contribution in [0.5, 0.6) is 0 Å². The second-order valence-corrected chi connectivity index (χ2v) is 7.41. The van der Waals surface area contributed by atoms with Crippen LogP contribution in [-0.4, -0.2) is 15.9 Å². The molecule has 3 aromatic rings. The number of primary amides is 1. The lowest BCUT2D eigenvalue weighted by Gasteiger charge is -2.19. The van der Waals surface area contributed by atoms with E-state index in [0.717, 1.165) is 16.5 Å². The molecular weight excluding hydrogens is 310 g/mol. The summed E-state index contributed by atoms with van der Waals surface area (Å²) in [6.07, 6.45) is 2.33. The number of nitrogens with zero attached hydrogens (tertiary/aromatic N) is 2. The Balaban J connectivity index is 2.11. The lowest BCUT2D eigenvalue weighted by atomic mass is 9.86. The number of fused-ring (bicyclic) bond motifs is 1. The summed E-state index contributed by atoms with van der Waals surface area (Å²) >= 11 is 0. The van der Waals surface area contributed by atoms with Crippen molar-refractivity contribution < 1.29 is 4.79 Å². The molecule has 0 bridgehead atoms. The van der Waals surface area contributed by atoms with Crippen LogP contribution < -0.4 is 5.73 Å². The number of benzene rings is 1. The van der Waals surface area contributed by atoms with Gasteiger partial charge in [0.25, 0.3) is 5.91 Å². The van der Waals surface area contributed by atoms with E-state index in [2.05, 4.69) is 55.0 Å². The molecule has 4 nitrogen and oxygen atoms in total. The zero-order valence-electron chi connectivity index (χ0n) is 15.1. The molecule has 0 fully saturated rings. The molecule has 2 aromatic heterocycles. The lowest BCUT2D eigenvalue weighted by molar-refractivity contribution is 0.0998. The number of pyridine rings is 2. The zero-order valence-corrected chi connectivity index (χ0v) is 15.1. The quantitative estimate of drug-likeness (QED) is 0.789. The van der Waals surface area contributed by atoms with E-state index in [1.54, 1.807) is 13.1 Å². The molecule has 2 heterocycles. The average molecular weight is 333 g/mol. The summed E-state index contributed by atoms with van der Waals surface area (Å²) < 4.78 is 0. The summed E-state index contributed by atoms with van der Waals surface area (Å²) in [5.74, 6) is -0.447. The van der Waals surface area contributed by atoms with Crippen LogP contribution in [0, 0.1) is 6.92 Å². The highest BCUT2D eigenvalue weighted by atomic mass is 16.1. The SMILES string of the molecule is Cc1nc2ncccc2c(Cc2ccc(C(C)(C)C)cc2)c1C(N)=O. The van der Waals surface area contributed by atoms with E-state index in [1.165, 1.54) is 5.56 Å². The fourth-order valence-electron chi connectivity index (χ4n) is 3.13. The number of rotatable bonds is 3. The van der Waals surface area contributed by atoms with Gasteiger partial charge in [0.1, 0.15) is 0 Å². The Bertz CT molecular complexity index is 938. The molecule has 2 N–H and O–H groups in total. The maximum absolute atomic E-state index is 12.0. The molecule has 0 radical (unpaired) electrons. The van der Waals surface area contributed by atoms with Crippen LogP contribution >= 0.6 is 0 Å². The molecule has 0 saturated heterocycles. The van der Waals surface area contributed by atoms with Crippen molar-refractivity contribution in [2.75, 3.05) is 0 Å². The van der Waals surface area contributed by atoms with Gasteiger partial charge in [-0.15, -0.1) is 0 Å². The van der Waals surface area contributed by atoms with Crippen molar-refractivity contribution in [2.45, 2.75) is 39.5 Å². The van der Waals surface area contributed by atoms with Crippen LogP contribution in [0.25, 0.3) is 11.0 Å². The molecule has 3 rings (SSSR count). The van der Waals surface area contributed by atoms with Gasteiger partial charge in [-0.25, -0.2) is 9.97 Å². The first-order chi connectivity index (χ1) is 11.8. The van der Waals surface area contributed by atoms with Gasteiger partial charge in [0.2, 0.25) is 0 Å². The molecule has 128 valence electrons. The third kappa shape index (κ3) is 3.38. The van der Waals surface area contributed by atoms with Crippen molar-refractivity contribution in [3.63, 3.8) is 0 Å². The minimum atomic E-state index is -0.447.